The van der Waals surface area contributed by atoms with Gasteiger partial charge in [-0.1, -0.05) is 38.5 Å². The maximum Gasteiger partial charge on any atom is 0.143 e. The molecule has 0 bridgehead atoms. The third-order valence-corrected chi connectivity index (χ3v) is 17.9. The summed E-state index contributed by atoms with van der Waals surface area (Å²) in [4.78, 5) is 6.38. The lowest BCUT2D eigenvalue weighted by atomic mass is 9.45. The number of fused-ring (bicyclic) bond motifs is 5. The summed E-state index contributed by atoms with van der Waals surface area (Å²) in [5, 5.41) is 5.05. The fraction of sp³-hybridized carbons (Fsp3) is 0.951. The SMILES string of the molecule is COC1CCC(C2=C(N3C4CCCCC4NC4C5CCCC6CCC7CCCC(C7C65)C43)N(C3NNC(C)S3)C3CCC(OC)CC23)CC1. The Morgan fingerprint density at radius 2 is 1.37 bits per heavy atom. The van der Waals surface area contributed by atoms with Crippen LogP contribution in [0.25, 0.3) is 0 Å². The molecule has 0 aromatic carbocycles. The highest BCUT2D eigenvalue weighted by atomic mass is 32.2. The molecule has 7 nitrogen and oxygen atoms in total. The van der Waals surface area contributed by atoms with Crippen LogP contribution in [0, 0.1) is 47.3 Å². The predicted octanol–water partition coefficient (Wildman–Crippen LogP) is 7.20. The average Bonchev–Trinajstić information content (AvgIpc) is 3.73. The van der Waals surface area contributed by atoms with E-state index < -0.39 is 0 Å². The standard InChI is InChI=1S/C41H67N5O2S/c1-23-43-44-41(49-23)46-33-21-20-28(48-3)22-31(33)37(26-16-18-27(47-2)19-17-26)40(46)45-34-13-5-4-12-32(34)42-38-29-10-6-8-24-14-15-25-9-7-11-30(39(38)45)36(25)35(24)29/h23-36,38-39,41-44H,4-22H2,1-3H3. The number of nitrogens with zero attached hydrogens (tertiary/aromatic N) is 2. The molecule has 0 amide bonds. The monoisotopic (exact) mass is 694 g/mol. The lowest BCUT2D eigenvalue weighted by Gasteiger charge is -2.68. The highest BCUT2D eigenvalue weighted by molar-refractivity contribution is 8.00. The average molecular weight is 694 g/mol. The fourth-order valence-electron chi connectivity index (χ4n) is 15.1. The molecule has 7 saturated carbocycles. The van der Waals surface area contributed by atoms with E-state index in [0.29, 0.717) is 65.1 Å². The minimum atomic E-state index is 0.295. The Balaban J connectivity index is 1.15. The molecule has 0 aromatic heterocycles. The van der Waals surface area contributed by atoms with Crippen LogP contribution in [0.3, 0.4) is 0 Å². The zero-order chi connectivity index (χ0) is 32.8. The minimum absolute atomic E-state index is 0.295. The van der Waals surface area contributed by atoms with Crippen LogP contribution >= 0.6 is 11.8 Å². The maximum absolute atomic E-state index is 6.24. The first-order valence-electron chi connectivity index (χ1n) is 21.4. The van der Waals surface area contributed by atoms with Gasteiger partial charge in [-0.05, 0) is 137 Å². The van der Waals surface area contributed by atoms with Crippen molar-refractivity contribution in [1.82, 2.24) is 26.0 Å². The molecule has 15 unspecified atom stereocenters. The zero-order valence-electron chi connectivity index (χ0n) is 30.9. The van der Waals surface area contributed by atoms with E-state index in [1.807, 2.05) is 19.8 Å². The predicted molar refractivity (Wildman–Crippen MR) is 197 cm³/mol. The summed E-state index contributed by atoms with van der Waals surface area (Å²) in [6.07, 6.45) is 27.1. The number of piperazine rings is 1. The molecule has 274 valence electrons. The number of rotatable bonds is 5. The summed E-state index contributed by atoms with van der Waals surface area (Å²) >= 11 is 2.13. The molecule has 3 heterocycles. The van der Waals surface area contributed by atoms with E-state index in [0.717, 1.165) is 35.5 Å². The van der Waals surface area contributed by atoms with E-state index in [1.54, 1.807) is 5.82 Å². The molecular formula is C41H67N5O2S. The van der Waals surface area contributed by atoms with Crippen molar-refractivity contribution in [2.24, 2.45) is 47.3 Å². The van der Waals surface area contributed by atoms with Gasteiger partial charge in [-0.25, -0.2) is 10.9 Å². The van der Waals surface area contributed by atoms with Gasteiger partial charge in [0.05, 0.1) is 17.6 Å². The summed E-state index contributed by atoms with van der Waals surface area (Å²) in [6, 6.07) is 3.18. The first-order chi connectivity index (χ1) is 24.1. The topological polar surface area (TPSA) is 61.0 Å². The van der Waals surface area contributed by atoms with E-state index >= 15 is 0 Å². The highest BCUT2D eigenvalue weighted by Gasteiger charge is 2.64. The van der Waals surface area contributed by atoms with Crippen LogP contribution in [-0.4, -0.2) is 77.3 Å². The summed E-state index contributed by atoms with van der Waals surface area (Å²) in [5.41, 5.74) is 9.75. The Bertz CT molecular complexity index is 1240. The quantitative estimate of drug-likeness (QED) is 0.280. The normalized spacial score (nSPS) is 52.3. The van der Waals surface area contributed by atoms with E-state index in [2.05, 4.69) is 44.7 Å². The fourth-order valence-corrected chi connectivity index (χ4v) is 16.1. The van der Waals surface area contributed by atoms with Gasteiger partial charge in [-0.2, -0.15) is 0 Å². The number of hydrogen-bond donors (Lipinski definition) is 3. The molecule has 8 heteroatoms. The Morgan fingerprint density at radius 1 is 0.653 bits per heavy atom. The van der Waals surface area contributed by atoms with E-state index in [-0.39, 0.29) is 0 Å². The van der Waals surface area contributed by atoms with Crippen LogP contribution in [0.1, 0.15) is 129 Å². The highest BCUT2D eigenvalue weighted by Crippen LogP contribution is 2.63. The van der Waals surface area contributed by atoms with Crippen molar-refractivity contribution in [3.8, 4) is 0 Å². The number of thioether (sulfide) groups is 1. The van der Waals surface area contributed by atoms with Crippen molar-refractivity contribution in [3.63, 3.8) is 0 Å². The van der Waals surface area contributed by atoms with Crippen molar-refractivity contribution in [2.45, 2.75) is 182 Å². The van der Waals surface area contributed by atoms with Gasteiger partial charge in [-0.15, -0.1) is 11.8 Å². The Labute approximate surface area is 301 Å². The molecule has 3 aliphatic heterocycles. The van der Waals surface area contributed by atoms with Gasteiger partial charge in [0.25, 0.3) is 0 Å². The van der Waals surface area contributed by atoms with E-state index in [1.165, 1.54) is 122 Å². The summed E-state index contributed by atoms with van der Waals surface area (Å²) < 4.78 is 12.2. The Hall–Kier alpha value is -0.510. The van der Waals surface area contributed by atoms with Crippen LogP contribution in [0.4, 0.5) is 0 Å². The molecule has 0 spiro atoms. The molecular weight excluding hydrogens is 627 g/mol. The van der Waals surface area contributed by atoms with Gasteiger partial charge in [0.1, 0.15) is 11.3 Å². The third-order valence-electron chi connectivity index (χ3n) is 16.8. The summed E-state index contributed by atoms with van der Waals surface area (Å²) in [5.74, 6) is 8.74. The van der Waals surface area contributed by atoms with Crippen LogP contribution < -0.4 is 16.2 Å². The first kappa shape index (κ1) is 33.1. The van der Waals surface area contributed by atoms with Crippen LogP contribution in [0.15, 0.2) is 11.4 Å². The van der Waals surface area contributed by atoms with Crippen molar-refractivity contribution in [1.29, 1.82) is 0 Å². The van der Waals surface area contributed by atoms with Gasteiger partial charge in [0.15, 0.2) is 0 Å². The van der Waals surface area contributed by atoms with Crippen molar-refractivity contribution in [2.75, 3.05) is 14.2 Å². The zero-order valence-corrected chi connectivity index (χ0v) is 31.7. The number of hydrazine groups is 1. The smallest absolute Gasteiger partial charge is 0.143 e. The minimum Gasteiger partial charge on any atom is -0.381 e. The lowest BCUT2D eigenvalue weighted by Crippen LogP contribution is -2.76. The second-order valence-electron chi connectivity index (χ2n) is 18.6. The molecule has 10 aliphatic rings. The van der Waals surface area contributed by atoms with Gasteiger partial charge < -0.3 is 24.6 Å². The number of nitrogens with one attached hydrogen (secondary N) is 3. The maximum atomic E-state index is 6.24. The van der Waals surface area contributed by atoms with E-state index in [4.69, 9.17) is 9.47 Å². The van der Waals surface area contributed by atoms with Gasteiger partial charge in [0.2, 0.25) is 0 Å². The molecule has 0 aromatic rings. The Kier molecular flexibility index (Phi) is 9.05. The first-order valence-corrected chi connectivity index (χ1v) is 22.4. The van der Waals surface area contributed by atoms with Gasteiger partial charge >= 0.3 is 0 Å². The molecule has 3 N–H and O–H groups in total. The largest absolute Gasteiger partial charge is 0.381 e. The second kappa shape index (κ2) is 13.4. The molecule has 10 rings (SSSR count). The number of ether oxygens (including phenoxy) is 2. The third kappa shape index (κ3) is 5.35. The van der Waals surface area contributed by atoms with Crippen LogP contribution in [0.2, 0.25) is 0 Å². The lowest BCUT2D eigenvalue weighted by molar-refractivity contribution is -0.156. The number of methoxy groups -OCH3 is 2. The molecule has 49 heavy (non-hydrogen) atoms. The summed E-state index contributed by atoms with van der Waals surface area (Å²) in [7, 11) is 3.93. The second-order valence-corrected chi connectivity index (χ2v) is 20.1. The van der Waals surface area contributed by atoms with Crippen molar-refractivity contribution in [3.05, 3.63) is 11.4 Å². The van der Waals surface area contributed by atoms with Gasteiger partial charge in [0, 0.05) is 50.3 Å². The van der Waals surface area contributed by atoms with Crippen LogP contribution in [-0.2, 0) is 9.47 Å². The molecule has 0 radical (unpaired) electrons. The van der Waals surface area contributed by atoms with Gasteiger partial charge in [-0.3, -0.25) is 0 Å². The summed E-state index contributed by atoms with van der Waals surface area (Å²) in [6.45, 7) is 2.35. The van der Waals surface area contributed by atoms with Crippen molar-refractivity contribution < 1.29 is 9.47 Å². The number of hydrogen-bond acceptors (Lipinski definition) is 8. The van der Waals surface area contributed by atoms with Crippen molar-refractivity contribution >= 4 is 11.8 Å². The van der Waals surface area contributed by atoms with E-state index in [9.17, 15) is 0 Å². The Morgan fingerprint density at radius 3 is 2.10 bits per heavy atom. The molecule has 7 aliphatic carbocycles. The molecule has 15 atom stereocenters. The molecule has 9 fully saturated rings. The van der Waals surface area contributed by atoms with Crippen LogP contribution in [0.5, 0.6) is 0 Å². The molecule has 2 saturated heterocycles.